The SMILES string of the molecule is CCOC(C)Oc1ccc(PC(=O)c2c(Cl)cccc2OC)c(OC(C)OCC)c1.[H-].[Li+]. The molecule has 0 saturated carbocycles. The molecule has 2 aromatic carbocycles. The Morgan fingerprint density at radius 1 is 1.03 bits per heavy atom. The number of rotatable bonds is 12. The molecule has 6 nitrogen and oxygen atoms in total. The van der Waals surface area contributed by atoms with E-state index in [1.165, 1.54) is 7.11 Å². The van der Waals surface area contributed by atoms with Gasteiger partial charge in [-0.25, -0.2) is 0 Å². The molecule has 0 saturated heterocycles. The van der Waals surface area contributed by atoms with Crippen molar-refractivity contribution in [2.24, 2.45) is 0 Å². The van der Waals surface area contributed by atoms with E-state index in [-0.39, 0.29) is 34.4 Å². The van der Waals surface area contributed by atoms with Gasteiger partial charge in [0.1, 0.15) is 17.2 Å². The predicted octanol–water partition coefficient (Wildman–Crippen LogP) is 2.13. The minimum Gasteiger partial charge on any atom is -1.00 e. The fourth-order valence-corrected chi connectivity index (χ4v) is 4.14. The fraction of sp³-hybridized carbons (Fsp3) is 0.409. The van der Waals surface area contributed by atoms with Crippen LogP contribution in [0.15, 0.2) is 36.4 Å². The Morgan fingerprint density at radius 3 is 2.29 bits per heavy atom. The third kappa shape index (κ3) is 8.31. The summed E-state index contributed by atoms with van der Waals surface area (Å²) in [5, 5.41) is 1.06. The number of carbonyl (C=O) groups is 1. The van der Waals surface area contributed by atoms with Gasteiger partial charge in [0, 0.05) is 24.6 Å². The fourth-order valence-electron chi connectivity index (χ4n) is 2.76. The standard InChI is InChI=1S/C22H28ClO6P.Li.H/c1-6-26-14(3)28-16-11-12-20(19(13-16)29-15(4)27-7-2)30-22(24)21-17(23)9-8-10-18(21)25-5;;/h8-15,30H,6-7H2,1-5H3;;/q;+1;-1. The summed E-state index contributed by atoms with van der Waals surface area (Å²) in [7, 11) is 1.28. The van der Waals surface area contributed by atoms with E-state index in [1.807, 2.05) is 26.8 Å². The third-order valence-electron chi connectivity index (χ3n) is 4.02. The molecular weight excluding hydrogens is 434 g/mol. The van der Waals surface area contributed by atoms with E-state index in [9.17, 15) is 4.79 Å². The summed E-state index contributed by atoms with van der Waals surface area (Å²) in [5.41, 5.74) is 0.205. The number of benzene rings is 2. The van der Waals surface area contributed by atoms with E-state index < -0.39 is 12.6 Å². The van der Waals surface area contributed by atoms with E-state index in [0.717, 1.165) is 0 Å². The van der Waals surface area contributed by atoms with Crippen LogP contribution >= 0.6 is 20.2 Å². The van der Waals surface area contributed by atoms with Crippen LogP contribution < -0.4 is 38.4 Å². The molecule has 0 radical (unpaired) electrons. The van der Waals surface area contributed by atoms with Crippen LogP contribution in [0.3, 0.4) is 0 Å². The average molecular weight is 463 g/mol. The molecule has 0 aromatic heterocycles. The summed E-state index contributed by atoms with van der Waals surface area (Å²) in [5.74, 6) is 1.52. The maximum Gasteiger partial charge on any atom is 1.00 e. The molecule has 0 fully saturated rings. The van der Waals surface area contributed by atoms with Gasteiger partial charge in [-0.2, -0.15) is 0 Å². The third-order valence-corrected chi connectivity index (χ3v) is 5.50. The van der Waals surface area contributed by atoms with Crippen LogP contribution in [0.1, 0.15) is 39.5 Å². The quantitative estimate of drug-likeness (QED) is 0.273. The van der Waals surface area contributed by atoms with Crippen molar-refractivity contribution >= 4 is 31.0 Å². The smallest absolute Gasteiger partial charge is 1.00 e. The second-order valence-corrected chi connectivity index (χ2v) is 7.86. The Hall–Kier alpha value is -1.25. The normalized spacial score (nSPS) is 12.8. The van der Waals surface area contributed by atoms with Crippen molar-refractivity contribution in [3.05, 3.63) is 47.0 Å². The molecule has 0 amide bonds. The van der Waals surface area contributed by atoms with Gasteiger partial charge in [0.15, 0.2) is 18.1 Å². The minimum absolute atomic E-state index is 0. The van der Waals surface area contributed by atoms with Gasteiger partial charge in [-0.15, -0.1) is 0 Å². The molecule has 166 valence electrons. The summed E-state index contributed by atoms with van der Waals surface area (Å²) in [6.45, 7) is 8.45. The summed E-state index contributed by atoms with van der Waals surface area (Å²) in [6.07, 6.45) is -0.891. The van der Waals surface area contributed by atoms with Gasteiger partial charge in [-0.05, 0) is 60.5 Å². The zero-order valence-electron chi connectivity index (χ0n) is 19.9. The molecule has 9 heteroatoms. The monoisotopic (exact) mass is 462 g/mol. The van der Waals surface area contributed by atoms with Crippen molar-refractivity contribution in [2.45, 2.75) is 40.3 Å². The molecule has 0 bridgehead atoms. The van der Waals surface area contributed by atoms with Gasteiger partial charge in [-0.1, -0.05) is 17.7 Å². The van der Waals surface area contributed by atoms with Gasteiger partial charge in [0.2, 0.25) is 0 Å². The van der Waals surface area contributed by atoms with Crippen molar-refractivity contribution in [1.82, 2.24) is 0 Å². The summed E-state index contributed by atoms with van der Waals surface area (Å²) >= 11 is 6.27. The van der Waals surface area contributed by atoms with E-state index in [4.69, 9.17) is 35.3 Å². The van der Waals surface area contributed by atoms with Crippen LogP contribution in [-0.4, -0.2) is 38.4 Å². The van der Waals surface area contributed by atoms with Crippen molar-refractivity contribution in [3.63, 3.8) is 0 Å². The first-order valence-corrected chi connectivity index (χ1v) is 11.1. The molecule has 31 heavy (non-hydrogen) atoms. The average Bonchev–Trinajstić information content (AvgIpc) is 2.69. The molecule has 0 aliphatic rings. The Bertz CT molecular complexity index is 857. The maximum absolute atomic E-state index is 13.0. The number of ether oxygens (including phenoxy) is 5. The molecule has 0 spiro atoms. The first-order valence-electron chi connectivity index (χ1n) is 9.73. The predicted molar refractivity (Wildman–Crippen MR) is 121 cm³/mol. The van der Waals surface area contributed by atoms with Gasteiger partial charge >= 0.3 is 18.9 Å². The van der Waals surface area contributed by atoms with E-state index in [0.29, 0.717) is 46.4 Å². The minimum atomic E-state index is -0.483. The van der Waals surface area contributed by atoms with Crippen LogP contribution in [0.5, 0.6) is 17.2 Å². The number of methoxy groups -OCH3 is 1. The van der Waals surface area contributed by atoms with Crippen molar-refractivity contribution in [3.8, 4) is 17.2 Å². The van der Waals surface area contributed by atoms with E-state index in [2.05, 4.69) is 0 Å². The van der Waals surface area contributed by atoms with Gasteiger partial charge in [0.05, 0.1) is 17.7 Å². The zero-order valence-corrected chi connectivity index (χ0v) is 20.6. The zero-order chi connectivity index (χ0) is 22.1. The second kappa shape index (κ2) is 14.0. The van der Waals surface area contributed by atoms with Crippen molar-refractivity contribution in [1.29, 1.82) is 0 Å². The Kier molecular flexibility index (Phi) is 12.6. The summed E-state index contributed by atoms with van der Waals surface area (Å²) < 4.78 is 27.9. The molecular formula is C22H29ClLiO6P. The maximum atomic E-state index is 13.0. The summed E-state index contributed by atoms with van der Waals surface area (Å²) in [6, 6.07) is 10.5. The van der Waals surface area contributed by atoms with Gasteiger partial charge in [-0.3, -0.25) is 4.79 Å². The van der Waals surface area contributed by atoms with Gasteiger partial charge < -0.3 is 25.1 Å². The first-order chi connectivity index (χ1) is 14.4. The van der Waals surface area contributed by atoms with Crippen molar-refractivity contribution in [2.75, 3.05) is 20.3 Å². The molecule has 3 atom stereocenters. The second-order valence-electron chi connectivity index (χ2n) is 6.21. The van der Waals surface area contributed by atoms with E-state index in [1.54, 1.807) is 37.3 Å². The molecule has 0 N–H and O–H groups in total. The van der Waals surface area contributed by atoms with Crippen LogP contribution in [-0.2, 0) is 9.47 Å². The molecule has 0 aliphatic heterocycles. The van der Waals surface area contributed by atoms with Crippen LogP contribution in [0, 0.1) is 0 Å². The topological polar surface area (TPSA) is 63.2 Å². The first kappa shape index (κ1) is 27.8. The Morgan fingerprint density at radius 2 is 1.68 bits per heavy atom. The molecule has 0 heterocycles. The summed E-state index contributed by atoms with van der Waals surface area (Å²) in [4.78, 5) is 13.0. The van der Waals surface area contributed by atoms with Crippen LogP contribution in [0.4, 0.5) is 0 Å². The number of hydrogen-bond acceptors (Lipinski definition) is 6. The Balaban J connectivity index is 0.00000480. The number of carbonyl (C=O) groups excluding carboxylic acids is 1. The molecule has 2 aromatic rings. The van der Waals surface area contributed by atoms with Crippen LogP contribution in [0.2, 0.25) is 5.02 Å². The van der Waals surface area contributed by atoms with Gasteiger partial charge in [0.25, 0.3) is 0 Å². The number of hydrogen-bond donors (Lipinski definition) is 0. The molecule has 0 aliphatic carbocycles. The number of halogens is 1. The Labute approximate surface area is 204 Å². The largest absolute Gasteiger partial charge is 1.00 e. The molecule has 2 rings (SSSR count). The van der Waals surface area contributed by atoms with Crippen LogP contribution in [0.25, 0.3) is 0 Å². The molecule has 3 unspecified atom stereocenters. The van der Waals surface area contributed by atoms with E-state index >= 15 is 0 Å². The van der Waals surface area contributed by atoms with Crippen molar-refractivity contribution < 1.29 is 48.8 Å².